The molecule has 9 heteroatoms. The van der Waals surface area contributed by atoms with Crippen molar-refractivity contribution in [3.05, 3.63) is 47.7 Å². The van der Waals surface area contributed by atoms with Crippen molar-refractivity contribution in [2.45, 2.75) is 25.6 Å². The Balaban J connectivity index is 1.83. The van der Waals surface area contributed by atoms with Gasteiger partial charge in [-0.3, -0.25) is 4.79 Å². The molecule has 0 unspecified atom stereocenters. The van der Waals surface area contributed by atoms with E-state index in [1.165, 1.54) is 18.2 Å². The number of nitrogens with one attached hydrogen (secondary N) is 1. The lowest BCUT2D eigenvalue weighted by Crippen LogP contribution is -2.39. The van der Waals surface area contributed by atoms with Crippen LogP contribution in [-0.2, 0) is 6.18 Å². The lowest BCUT2D eigenvalue weighted by Gasteiger charge is -2.33. The smallest absolute Gasteiger partial charge is 0.416 e. The molecule has 2 N–H and O–H groups in total. The number of carbonyl (C=O) groups is 1. The van der Waals surface area contributed by atoms with E-state index in [1.807, 2.05) is 4.90 Å². The summed E-state index contributed by atoms with van der Waals surface area (Å²) in [6, 6.07) is 7.01. The van der Waals surface area contributed by atoms with Crippen LogP contribution in [0.4, 0.5) is 19.0 Å². The first-order valence-electron chi connectivity index (χ1n) is 8.81. The number of hydrogen-bond donors (Lipinski definition) is 2. The molecule has 2 heterocycles. The summed E-state index contributed by atoms with van der Waals surface area (Å²) in [6.45, 7) is 2.96. The standard InChI is InChI=1S/C19H20F3N3O3/c1-12(11-26)23-18(27)15-7-8-16(17(24-15)25-9-2-10-25)28-14-5-3-13(4-6-14)19(20,21)22/h3-8,12,26H,2,9-11H2,1H3,(H,23,27)/t12-/m1/s1. The number of ether oxygens (including phenoxy) is 1. The molecule has 1 fully saturated rings. The SMILES string of the molecule is C[C@H](CO)NC(=O)c1ccc(Oc2ccc(C(F)(F)F)cc2)c(N2CCC2)n1. The number of rotatable bonds is 6. The van der Waals surface area contributed by atoms with Gasteiger partial charge in [0.15, 0.2) is 11.6 Å². The number of alkyl halides is 3. The molecular weight excluding hydrogens is 375 g/mol. The maximum Gasteiger partial charge on any atom is 0.416 e. The molecule has 2 aromatic rings. The summed E-state index contributed by atoms with van der Waals surface area (Å²) in [5.74, 6) is 0.619. The second kappa shape index (κ2) is 8.05. The van der Waals surface area contributed by atoms with Gasteiger partial charge in [-0.25, -0.2) is 4.98 Å². The molecule has 0 aliphatic carbocycles. The van der Waals surface area contributed by atoms with E-state index in [0.29, 0.717) is 11.6 Å². The molecule has 1 aromatic carbocycles. The van der Waals surface area contributed by atoms with Gasteiger partial charge in [-0.05, 0) is 49.7 Å². The Morgan fingerprint density at radius 2 is 1.93 bits per heavy atom. The number of aromatic nitrogens is 1. The van der Waals surface area contributed by atoms with Gasteiger partial charge >= 0.3 is 6.18 Å². The van der Waals surface area contributed by atoms with Crippen molar-refractivity contribution in [2.75, 3.05) is 24.6 Å². The summed E-state index contributed by atoms with van der Waals surface area (Å²) >= 11 is 0. The van der Waals surface area contributed by atoms with E-state index < -0.39 is 23.7 Å². The molecule has 28 heavy (non-hydrogen) atoms. The molecule has 1 aromatic heterocycles. The van der Waals surface area contributed by atoms with Gasteiger partial charge in [0, 0.05) is 19.1 Å². The zero-order valence-electron chi connectivity index (χ0n) is 15.2. The predicted octanol–water partition coefficient (Wildman–Crippen LogP) is 3.21. The number of carbonyl (C=O) groups excluding carboxylic acids is 1. The third kappa shape index (κ3) is 4.53. The normalized spacial score (nSPS) is 15.0. The van der Waals surface area contributed by atoms with Gasteiger partial charge in [0.2, 0.25) is 0 Å². The van der Waals surface area contributed by atoms with Gasteiger partial charge in [-0.1, -0.05) is 0 Å². The molecule has 1 saturated heterocycles. The fraction of sp³-hybridized carbons (Fsp3) is 0.368. The summed E-state index contributed by atoms with van der Waals surface area (Å²) in [7, 11) is 0. The van der Waals surface area contributed by atoms with Gasteiger partial charge in [-0.2, -0.15) is 13.2 Å². The van der Waals surface area contributed by atoms with Gasteiger partial charge < -0.3 is 20.1 Å². The molecule has 3 rings (SSSR count). The van der Waals surface area contributed by atoms with Gasteiger partial charge in [-0.15, -0.1) is 0 Å². The minimum absolute atomic E-state index is 0.168. The Bertz CT molecular complexity index is 837. The summed E-state index contributed by atoms with van der Waals surface area (Å²) in [5, 5.41) is 11.7. The minimum atomic E-state index is -4.41. The van der Waals surface area contributed by atoms with Crippen LogP contribution in [0.1, 0.15) is 29.4 Å². The largest absolute Gasteiger partial charge is 0.453 e. The van der Waals surface area contributed by atoms with Crippen molar-refractivity contribution in [2.24, 2.45) is 0 Å². The maximum atomic E-state index is 12.7. The number of aliphatic hydroxyl groups excluding tert-OH is 1. The molecule has 1 aliphatic heterocycles. The molecule has 1 amide bonds. The summed E-state index contributed by atoms with van der Waals surface area (Å²) in [6.07, 6.45) is -3.44. The van der Waals surface area contributed by atoms with E-state index in [-0.39, 0.29) is 18.1 Å². The lowest BCUT2D eigenvalue weighted by molar-refractivity contribution is -0.137. The molecule has 0 spiro atoms. The van der Waals surface area contributed by atoms with E-state index in [9.17, 15) is 18.0 Å². The van der Waals surface area contributed by atoms with Gasteiger partial charge in [0.25, 0.3) is 5.91 Å². The van der Waals surface area contributed by atoms with Crippen LogP contribution in [0, 0.1) is 0 Å². The monoisotopic (exact) mass is 395 g/mol. The number of hydrogen-bond acceptors (Lipinski definition) is 5. The second-order valence-corrected chi connectivity index (χ2v) is 6.54. The third-order valence-electron chi connectivity index (χ3n) is 4.29. The predicted molar refractivity (Wildman–Crippen MR) is 96.6 cm³/mol. The molecule has 0 saturated carbocycles. The number of anilines is 1. The highest BCUT2D eigenvalue weighted by molar-refractivity contribution is 5.93. The van der Waals surface area contributed by atoms with Crippen LogP contribution in [0.3, 0.4) is 0 Å². The van der Waals surface area contributed by atoms with Gasteiger partial charge in [0.05, 0.1) is 12.2 Å². The molecule has 6 nitrogen and oxygen atoms in total. The molecular formula is C19H20F3N3O3. The van der Waals surface area contributed by atoms with Crippen LogP contribution >= 0.6 is 0 Å². The van der Waals surface area contributed by atoms with Crippen LogP contribution in [0.25, 0.3) is 0 Å². The number of benzene rings is 1. The average Bonchev–Trinajstić information content (AvgIpc) is 2.61. The minimum Gasteiger partial charge on any atom is -0.453 e. The second-order valence-electron chi connectivity index (χ2n) is 6.54. The Labute approximate surface area is 159 Å². The molecule has 1 aliphatic rings. The molecule has 150 valence electrons. The van der Waals surface area contributed by atoms with E-state index >= 15 is 0 Å². The Hall–Kier alpha value is -2.81. The van der Waals surface area contributed by atoms with Crippen molar-refractivity contribution in [3.8, 4) is 11.5 Å². The number of amides is 1. The lowest BCUT2D eigenvalue weighted by atomic mass is 10.2. The van der Waals surface area contributed by atoms with Gasteiger partial charge in [0.1, 0.15) is 11.4 Å². The number of pyridine rings is 1. The highest BCUT2D eigenvalue weighted by Crippen LogP contribution is 2.35. The molecule has 0 bridgehead atoms. The zero-order chi connectivity index (χ0) is 20.3. The maximum absolute atomic E-state index is 12.7. The fourth-order valence-corrected chi connectivity index (χ4v) is 2.58. The number of halogens is 3. The van der Waals surface area contributed by atoms with Crippen molar-refractivity contribution in [1.82, 2.24) is 10.3 Å². The molecule has 0 radical (unpaired) electrons. The van der Waals surface area contributed by atoms with Crippen molar-refractivity contribution >= 4 is 11.7 Å². The van der Waals surface area contributed by atoms with Crippen LogP contribution in [-0.4, -0.2) is 41.7 Å². The van der Waals surface area contributed by atoms with E-state index in [4.69, 9.17) is 9.84 Å². The first kappa shape index (κ1) is 19.9. The topological polar surface area (TPSA) is 74.7 Å². The number of aliphatic hydroxyl groups is 1. The van der Waals surface area contributed by atoms with Crippen molar-refractivity contribution in [1.29, 1.82) is 0 Å². The molecule has 1 atom stereocenters. The highest BCUT2D eigenvalue weighted by atomic mass is 19.4. The summed E-state index contributed by atoms with van der Waals surface area (Å²) in [5.41, 5.74) is -0.590. The number of nitrogens with zero attached hydrogens (tertiary/aromatic N) is 2. The highest BCUT2D eigenvalue weighted by Gasteiger charge is 2.30. The zero-order valence-corrected chi connectivity index (χ0v) is 15.2. The van der Waals surface area contributed by atoms with Crippen LogP contribution in [0.15, 0.2) is 36.4 Å². The Morgan fingerprint density at radius 1 is 1.25 bits per heavy atom. The third-order valence-corrected chi connectivity index (χ3v) is 4.29. The van der Waals surface area contributed by atoms with E-state index in [0.717, 1.165) is 31.6 Å². The fourth-order valence-electron chi connectivity index (χ4n) is 2.58. The summed E-state index contributed by atoms with van der Waals surface area (Å²) in [4.78, 5) is 18.5. The van der Waals surface area contributed by atoms with E-state index in [2.05, 4.69) is 10.3 Å². The van der Waals surface area contributed by atoms with Crippen LogP contribution < -0.4 is 15.0 Å². The Morgan fingerprint density at radius 3 is 2.46 bits per heavy atom. The van der Waals surface area contributed by atoms with Crippen molar-refractivity contribution in [3.63, 3.8) is 0 Å². The van der Waals surface area contributed by atoms with E-state index in [1.54, 1.807) is 13.0 Å². The summed E-state index contributed by atoms with van der Waals surface area (Å²) < 4.78 is 43.8. The average molecular weight is 395 g/mol. The Kier molecular flexibility index (Phi) is 5.73. The quantitative estimate of drug-likeness (QED) is 0.786. The first-order chi connectivity index (χ1) is 13.3. The van der Waals surface area contributed by atoms with Crippen molar-refractivity contribution < 1.29 is 27.8 Å². The van der Waals surface area contributed by atoms with Crippen LogP contribution in [0.5, 0.6) is 11.5 Å². The van der Waals surface area contributed by atoms with Crippen LogP contribution in [0.2, 0.25) is 0 Å². The first-order valence-corrected chi connectivity index (χ1v) is 8.81.